The Morgan fingerprint density at radius 3 is 2.66 bits per heavy atom. The van der Waals surface area contributed by atoms with Crippen molar-refractivity contribution in [2.75, 3.05) is 7.11 Å². The van der Waals surface area contributed by atoms with E-state index in [1.807, 2.05) is 23.0 Å². The Morgan fingerprint density at radius 2 is 1.91 bits per heavy atom. The summed E-state index contributed by atoms with van der Waals surface area (Å²) in [6, 6.07) is 6.57. The average Bonchev–Trinajstić information content (AvgIpc) is 3.54. The number of Topliss-reactive ketones (excluding diaryl/α,β-unsaturated/α-hetero) is 1. The third-order valence-electron chi connectivity index (χ3n) is 5.99. The Labute approximate surface area is 191 Å². The molecule has 0 amide bonds. The number of methoxy groups -OCH3 is 1. The van der Waals surface area contributed by atoms with Crippen LogP contribution in [0, 0.1) is 0 Å². The van der Waals surface area contributed by atoms with Gasteiger partial charge in [-0.15, -0.1) is 0 Å². The first kappa shape index (κ1) is 24.0. The van der Waals surface area contributed by atoms with Gasteiger partial charge in [-0.1, -0.05) is 56.9 Å². The van der Waals surface area contributed by atoms with Crippen molar-refractivity contribution < 1.29 is 14.3 Å². The molecule has 1 heterocycles. The minimum atomic E-state index is -0.274. The van der Waals surface area contributed by atoms with Crippen molar-refractivity contribution in [2.45, 2.75) is 83.6 Å². The van der Waals surface area contributed by atoms with Crippen LogP contribution in [0.2, 0.25) is 0 Å². The molecule has 5 nitrogen and oxygen atoms in total. The molecule has 1 fully saturated rings. The number of rotatable bonds is 14. The van der Waals surface area contributed by atoms with Gasteiger partial charge in [-0.2, -0.15) is 5.10 Å². The van der Waals surface area contributed by atoms with Gasteiger partial charge in [-0.05, 0) is 49.3 Å². The van der Waals surface area contributed by atoms with E-state index >= 15 is 0 Å². The van der Waals surface area contributed by atoms with Crippen molar-refractivity contribution in [3.8, 4) is 11.1 Å². The van der Waals surface area contributed by atoms with E-state index < -0.39 is 0 Å². The second-order valence-electron chi connectivity index (χ2n) is 8.70. The van der Waals surface area contributed by atoms with Crippen LogP contribution in [-0.4, -0.2) is 28.6 Å². The van der Waals surface area contributed by atoms with Gasteiger partial charge < -0.3 is 4.74 Å². The van der Waals surface area contributed by atoms with Crippen LogP contribution < -0.4 is 0 Å². The zero-order valence-electron chi connectivity index (χ0n) is 19.5. The van der Waals surface area contributed by atoms with Crippen LogP contribution in [-0.2, 0) is 9.53 Å². The molecule has 0 aliphatic heterocycles. The standard InChI is InChI=1S/C27H36N2O3/c1-3-4-5-6-7-8-9-11-22-18-21(23-19-28-29(20-23)24-15-16-24)14-17-25(22)26(30)12-10-13-27(31)32-2/h9,11,14,17-20,24H,3-8,10,12-13,15-16H2,1-2H3/b11-9+. The largest absolute Gasteiger partial charge is 0.469 e. The van der Waals surface area contributed by atoms with Crippen LogP contribution >= 0.6 is 0 Å². The third kappa shape index (κ3) is 7.18. The highest BCUT2D eigenvalue weighted by Gasteiger charge is 2.24. The molecule has 0 radical (unpaired) electrons. The van der Waals surface area contributed by atoms with Gasteiger partial charge in [-0.25, -0.2) is 0 Å². The van der Waals surface area contributed by atoms with Crippen LogP contribution in [0.1, 0.15) is 99.5 Å². The molecule has 172 valence electrons. The van der Waals surface area contributed by atoms with Gasteiger partial charge >= 0.3 is 5.97 Å². The van der Waals surface area contributed by atoms with Crippen molar-refractivity contribution in [3.63, 3.8) is 0 Å². The molecular formula is C27H36N2O3. The second kappa shape index (κ2) is 12.4. The lowest BCUT2D eigenvalue weighted by Gasteiger charge is -2.08. The lowest BCUT2D eigenvalue weighted by molar-refractivity contribution is -0.140. The maximum absolute atomic E-state index is 12.9. The number of ketones is 1. The number of ether oxygens (including phenoxy) is 1. The maximum atomic E-state index is 12.9. The highest BCUT2D eigenvalue weighted by Crippen LogP contribution is 2.35. The minimum Gasteiger partial charge on any atom is -0.469 e. The SMILES string of the molecule is CCCCCCC/C=C/c1cc(-c2cnn(C3CC3)c2)ccc1C(=O)CCCC(=O)OC. The first-order valence-corrected chi connectivity index (χ1v) is 12.1. The van der Waals surface area contributed by atoms with Gasteiger partial charge in [0.15, 0.2) is 5.78 Å². The van der Waals surface area contributed by atoms with Crippen LogP contribution in [0.25, 0.3) is 17.2 Å². The van der Waals surface area contributed by atoms with Crippen molar-refractivity contribution in [1.29, 1.82) is 0 Å². The van der Waals surface area contributed by atoms with Crippen LogP contribution in [0.5, 0.6) is 0 Å². The molecule has 1 aromatic heterocycles. The first-order chi connectivity index (χ1) is 15.6. The average molecular weight is 437 g/mol. The number of nitrogens with zero attached hydrogens (tertiary/aromatic N) is 2. The zero-order valence-corrected chi connectivity index (χ0v) is 19.5. The fraction of sp³-hybridized carbons (Fsp3) is 0.519. The normalized spacial score (nSPS) is 13.6. The van der Waals surface area contributed by atoms with Crippen molar-refractivity contribution in [2.24, 2.45) is 0 Å². The van der Waals surface area contributed by atoms with Gasteiger partial charge in [0.2, 0.25) is 0 Å². The number of hydrogen-bond acceptors (Lipinski definition) is 4. The monoisotopic (exact) mass is 436 g/mol. The Balaban J connectivity index is 1.71. The van der Waals surface area contributed by atoms with E-state index in [0.717, 1.165) is 28.7 Å². The topological polar surface area (TPSA) is 61.2 Å². The minimum absolute atomic E-state index is 0.0664. The molecule has 1 aliphatic carbocycles. The fourth-order valence-corrected chi connectivity index (χ4v) is 3.87. The molecule has 1 aromatic carbocycles. The number of carbonyl (C=O) groups is 2. The van der Waals surface area contributed by atoms with E-state index in [0.29, 0.717) is 18.9 Å². The molecule has 0 bridgehead atoms. The lowest BCUT2D eigenvalue weighted by Crippen LogP contribution is -2.05. The summed E-state index contributed by atoms with van der Waals surface area (Å²) < 4.78 is 6.73. The van der Waals surface area contributed by atoms with E-state index in [-0.39, 0.29) is 18.2 Å². The summed E-state index contributed by atoms with van der Waals surface area (Å²) in [4.78, 5) is 24.3. The van der Waals surface area contributed by atoms with Crippen LogP contribution in [0.15, 0.2) is 36.7 Å². The van der Waals surface area contributed by atoms with Gasteiger partial charge in [0.1, 0.15) is 0 Å². The Bertz CT molecular complexity index is 925. The highest BCUT2D eigenvalue weighted by molar-refractivity contribution is 6.00. The smallest absolute Gasteiger partial charge is 0.305 e. The third-order valence-corrected chi connectivity index (χ3v) is 5.99. The predicted octanol–water partition coefficient (Wildman–Crippen LogP) is 6.78. The second-order valence-corrected chi connectivity index (χ2v) is 8.70. The molecule has 0 atom stereocenters. The van der Waals surface area contributed by atoms with Crippen LogP contribution in [0.3, 0.4) is 0 Å². The molecule has 32 heavy (non-hydrogen) atoms. The molecular weight excluding hydrogens is 400 g/mol. The number of aromatic nitrogens is 2. The first-order valence-electron chi connectivity index (χ1n) is 12.1. The quantitative estimate of drug-likeness (QED) is 0.186. The Kier molecular flexibility index (Phi) is 9.27. The van der Waals surface area contributed by atoms with Crippen molar-refractivity contribution >= 4 is 17.8 Å². The number of esters is 1. The van der Waals surface area contributed by atoms with Gasteiger partial charge in [0.25, 0.3) is 0 Å². The number of allylic oxidation sites excluding steroid dienone is 1. The summed E-state index contributed by atoms with van der Waals surface area (Å²) in [6.45, 7) is 2.23. The predicted molar refractivity (Wildman–Crippen MR) is 129 cm³/mol. The molecule has 0 spiro atoms. The molecule has 0 unspecified atom stereocenters. The molecule has 5 heteroatoms. The summed E-state index contributed by atoms with van der Waals surface area (Å²) in [5.74, 6) is -0.208. The van der Waals surface area contributed by atoms with E-state index in [1.165, 1.54) is 52.1 Å². The molecule has 1 saturated carbocycles. The number of unbranched alkanes of at least 4 members (excludes halogenated alkanes) is 5. The van der Waals surface area contributed by atoms with E-state index in [9.17, 15) is 9.59 Å². The number of hydrogen-bond donors (Lipinski definition) is 0. The molecule has 0 N–H and O–H groups in total. The molecule has 1 aliphatic rings. The maximum Gasteiger partial charge on any atom is 0.305 e. The highest BCUT2D eigenvalue weighted by atomic mass is 16.5. The Morgan fingerprint density at radius 1 is 1.09 bits per heavy atom. The van der Waals surface area contributed by atoms with E-state index in [4.69, 9.17) is 0 Å². The summed E-state index contributed by atoms with van der Waals surface area (Å²) in [7, 11) is 1.37. The van der Waals surface area contributed by atoms with Gasteiger partial charge in [0, 0.05) is 30.2 Å². The summed E-state index contributed by atoms with van der Waals surface area (Å²) in [6.07, 6.45) is 19.1. The van der Waals surface area contributed by atoms with E-state index in [1.54, 1.807) is 0 Å². The summed E-state index contributed by atoms with van der Waals surface area (Å²) in [5, 5.41) is 4.51. The van der Waals surface area contributed by atoms with Crippen LogP contribution in [0.4, 0.5) is 0 Å². The molecule has 0 saturated heterocycles. The van der Waals surface area contributed by atoms with Gasteiger partial charge in [0.05, 0.1) is 19.3 Å². The van der Waals surface area contributed by atoms with Crippen molar-refractivity contribution in [3.05, 3.63) is 47.8 Å². The number of benzene rings is 1. The van der Waals surface area contributed by atoms with Crippen molar-refractivity contribution in [1.82, 2.24) is 9.78 Å². The summed E-state index contributed by atoms with van der Waals surface area (Å²) in [5.41, 5.74) is 3.81. The Hall–Kier alpha value is -2.69. The number of carbonyl (C=O) groups excluding carboxylic acids is 2. The zero-order chi connectivity index (χ0) is 22.8. The van der Waals surface area contributed by atoms with Gasteiger partial charge in [-0.3, -0.25) is 14.3 Å². The molecule has 2 aromatic rings. The summed E-state index contributed by atoms with van der Waals surface area (Å²) >= 11 is 0. The lowest BCUT2D eigenvalue weighted by atomic mass is 9.95. The molecule has 3 rings (SSSR count). The van der Waals surface area contributed by atoms with E-state index in [2.05, 4.69) is 41.2 Å². The fourth-order valence-electron chi connectivity index (χ4n) is 3.87.